The second-order valence-electron chi connectivity index (χ2n) is 14.1. The first-order chi connectivity index (χ1) is 15.0. The van der Waals surface area contributed by atoms with Gasteiger partial charge in [-0.2, -0.15) is 0 Å². The molecule has 0 amide bonds. The number of hydrogen-bond acceptors (Lipinski definition) is 4. The highest BCUT2D eigenvalue weighted by Crippen LogP contribution is 2.67. The number of carbonyl (C=O) groups is 1. The van der Waals surface area contributed by atoms with Crippen molar-refractivity contribution in [3.05, 3.63) is 0 Å². The number of rotatable bonds is 6. The molecule has 0 heterocycles. The van der Waals surface area contributed by atoms with Crippen molar-refractivity contribution in [2.45, 2.75) is 134 Å². The Morgan fingerprint density at radius 1 is 0.906 bits per heavy atom. The monoisotopic (exact) mass is 444 g/mol. The minimum absolute atomic E-state index is 0.0852. The molecular weight excluding hydrogens is 400 g/mol. The maximum atomic E-state index is 12.8. The van der Waals surface area contributed by atoms with Gasteiger partial charge in [-0.1, -0.05) is 13.8 Å². The first-order valence-corrected chi connectivity index (χ1v) is 13.6. The van der Waals surface area contributed by atoms with Crippen LogP contribution in [0.2, 0.25) is 0 Å². The molecule has 8 rings (SSSR count). The molecular formula is C28H44O4. The third-order valence-electron chi connectivity index (χ3n) is 11.1. The first kappa shape index (κ1) is 21.9. The largest absolute Gasteiger partial charge is 0.459 e. The van der Waals surface area contributed by atoms with E-state index in [2.05, 4.69) is 13.8 Å². The van der Waals surface area contributed by atoms with Crippen LogP contribution >= 0.6 is 0 Å². The molecule has 4 nitrogen and oxygen atoms in total. The summed E-state index contributed by atoms with van der Waals surface area (Å²) in [6.07, 6.45) is 14.0. The van der Waals surface area contributed by atoms with E-state index in [4.69, 9.17) is 9.47 Å². The van der Waals surface area contributed by atoms with Gasteiger partial charge in [-0.05, 0) is 107 Å². The molecule has 0 aromatic rings. The summed E-state index contributed by atoms with van der Waals surface area (Å²) in [5.41, 5.74) is -1.54. The van der Waals surface area contributed by atoms with Gasteiger partial charge in [0.05, 0.1) is 22.7 Å². The van der Waals surface area contributed by atoms with Crippen LogP contribution in [-0.4, -0.2) is 33.5 Å². The average molecular weight is 445 g/mol. The molecule has 0 spiro atoms. The Morgan fingerprint density at radius 3 is 2.03 bits per heavy atom. The summed E-state index contributed by atoms with van der Waals surface area (Å²) in [5, 5.41) is 11.6. The van der Waals surface area contributed by atoms with E-state index in [9.17, 15) is 9.90 Å². The predicted octanol–water partition coefficient (Wildman–Crippen LogP) is 5.79. The lowest BCUT2D eigenvalue weighted by Gasteiger charge is -2.67. The average Bonchev–Trinajstić information content (AvgIpc) is 2.62. The Labute approximate surface area is 194 Å². The molecule has 0 aliphatic heterocycles. The maximum Gasteiger partial charge on any atom is 0.309 e. The highest BCUT2D eigenvalue weighted by atomic mass is 16.6. The summed E-state index contributed by atoms with van der Waals surface area (Å²) in [4.78, 5) is 12.8. The van der Waals surface area contributed by atoms with Crippen molar-refractivity contribution in [2.75, 3.05) is 0 Å². The van der Waals surface area contributed by atoms with Gasteiger partial charge < -0.3 is 14.6 Å². The highest BCUT2D eigenvalue weighted by Gasteiger charge is 2.68. The summed E-state index contributed by atoms with van der Waals surface area (Å²) in [5.74, 6) is 2.91. The van der Waals surface area contributed by atoms with Crippen molar-refractivity contribution < 1.29 is 19.4 Å². The van der Waals surface area contributed by atoms with Crippen LogP contribution in [0.25, 0.3) is 0 Å². The van der Waals surface area contributed by atoms with Gasteiger partial charge in [0.1, 0.15) is 5.60 Å². The van der Waals surface area contributed by atoms with Gasteiger partial charge in [0.25, 0.3) is 0 Å². The van der Waals surface area contributed by atoms with E-state index in [1.165, 1.54) is 38.5 Å². The fourth-order valence-corrected chi connectivity index (χ4v) is 10.4. The zero-order valence-electron chi connectivity index (χ0n) is 20.8. The van der Waals surface area contributed by atoms with Gasteiger partial charge in [0.2, 0.25) is 0 Å². The number of carbonyl (C=O) groups excluding carboxylic acids is 1. The molecule has 1 N–H and O–H groups in total. The van der Waals surface area contributed by atoms with Crippen molar-refractivity contribution in [3.63, 3.8) is 0 Å². The number of esters is 1. The summed E-state index contributed by atoms with van der Waals surface area (Å²) >= 11 is 0. The molecule has 0 radical (unpaired) electrons. The molecule has 8 bridgehead atoms. The molecule has 5 atom stereocenters. The molecule has 8 aliphatic rings. The summed E-state index contributed by atoms with van der Waals surface area (Å²) in [7, 11) is 0. The quantitative estimate of drug-likeness (QED) is 0.527. The SMILES string of the molecule is CCC(C)C(=O)OC12CC3CC(O)(C1)CC(OC(C)(C)C14CC5CC(CC(C5)C1)C4)(C3)C2. The van der Waals surface area contributed by atoms with E-state index in [0.717, 1.165) is 56.3 Å². The standard InChI is InChI=1S/C28H44O4/c1-5-18(2)23(29)31-27-13-22-12-26(30,15-27)16-28(14-22,17-27)32-24(3,4)25-9-19-6-20(10-25)8-21(7-19)11-25/h18-22,30H,5-17H2,1-4H3. The lowest BCUT2D eigenvalue weighted by atomic mass is 9.45. The molecule has 0 aromatic heterocycles. The van der Waals surface area contributed by atoms with Gasteiger partial charge in [0.15, 0.2) is 0 Å². The van der Waals surface area contributed by atoms with Crippen molar-refractivity contribution >= 4 is 5.97 Å². The zero-order chi connectivity index (χ0) is 22.6. The second kappa shape index (κ2) is 6.74. The molecule has 180 valence electrons. The van der Waals surface area contributed by atoms with Gasteiger partial charge >= 0.3 is 5.97 Å². The Kier molecular flexibility index (Phi) is 4.61. The van der Waals surface area contributed by atoms with Gasteiger partial charge in [-0.3, -0.25) is 4.79 Å². The Bertz CT molecular complexity index is 768. The molecule has 0 saturated heterocycles. The third kappa shape index (κ3) is 3.25. The van der Waals surface area contributed by atoms with Crippen molar-refractivity contribution in [1.29, 1.82) is 0 Å². The zero-order valence-corrected chi connectivity index (χ0v) is 20.8. The smallest absolute Gasteiger partial charge is 0.309 e. The van der Waals surface area contributed by atoms with Crippen LogP contribution in [0.1, 0.15) is 111 Å². The Balaban J connectivity index is 1.28. The molecule has 4 heteroatoms. The minimum Gasteiger partial charge on any atom is -0.459 e. The lowest BCUT2D eigenvalue weighted by Crippen LogP contribution is -2.70. The molecule has 32 heavy (non-hydrogen) atoms. The van der Waals surface area contributed by atoms with Crippen LogP contribution in [0.3, 0.4) is 0 Å². The molecule has 5 unspecified atom stereocenters. The number of aliphatic hydroxyl groups is 1. The molecule has 8 fully saturated rings. The van der Waals surface area contributed by atoms with Crippen LogP contribution in [-0.2, 0) is 14.3 Å². The van der Waals surface area contributed by atoms with Crippen LogP contribution in [0.5, 0.6) is 0 Å². The lowest BCUT2D eigenvalue weighted by molar-refractivity contribution is -0.318. The van der Waals surface area contributed by atoms with E-state index >= 15 is 0 Å². The molecule has 8 saturated carbocycles. The van der Waals surface area contributed by atoms with E-state index in [0.29, 0.717) is 12.3 Å². The summed E-state index contributed by atoms with van der Waals surface area (Å²) in [6, 6.07) is 0. The third-order valence-corrected chi connectivity index (χ3v) is 11.1. The van der Waals surface area contributed by atoms with Gasteiger partial charge in [0, 0.05) is 19.3 Å². The molecule has 0 aromatic carbocycles. The van der Waals surface area contributed by atoms with Crippen molar-refractivity contribution in [3.8, 4) is 0 Å². The van der Waals surface area contributed by atoms with E-state index in [-0.39, 0.29) is 28.5 Å². The fraction of sp³-hybridized carbons (Fsp3) is 0.964. The summed E-state index contributed by atoms with van der Waals surface area (Å²) < 4.78 is 13.6. The predicted molar refractivity (Wildman–Crippen MR) is 123 cm³/mol. The molecule has 8 aliphatic carbocycles. The van der Waals surface area contributed by atoms with Crippen LogP contribution in [0.4, 0.5) is 0 Å². The first-order valence-electron chi connectivity index (χ1n) is 13.6. The Hall–Kier alpha value is -0.610. The Morgan fingerprint density at radius 2 is 1.47 bits per heavy atom. The number of ether oxygens (including phenoxy) is 2. The second-order valence-corrected chi connectivity index (χ2v) is 14.1. The number of hydrogen-bond donors (Lipinski definition) is 1. The van der Waals surface area contributed by atoms with Crippen LogP contribution in [0.15, 0.2) is 0 Å². The topological polar surface area (TPSA) is 55.8 Å². The van der Waals surface area contributed by atoms with E-state index in [1.54, 1.807) is 0 Å². The van der Waals surface area contributed by atoms with Gasteiger partial charge in [-0.15, -0.1) is 0 Å². The fourth-order valence-electron chi connectivity index (χ4n) is 10.4. The van der Waals surface area contributed by atoms with E-state index < -0.39 is 11.2 Å². The van der Waals surface area contributed by atoms with Crippen molar-refractivity contribution in [1.82, 2.24) is 0 Å². The van der Waals surface area contributed by atoms with E-state index in [1.807, 2.05) is 13.8 Å². The highest BCUT2D eigenvalue weighted by molar-refractivity contribution is 5.72. The minimum atomic E-state index is -0.743. The van der Waals surface area contributed by atoms with Crippen LogP contribution < -0.4 is 0 Å². The summed E-state index contributed by atoms with van der Waals surface area (Å²) in [6.45, 7) is 8.72. The van der Waals surface area contributed by atoms with Crippen molar-refractivity contribution in [2.24, 2.45) is 35.0 Å². The van der Waals surface area contributed by atoms with Crippen LogP contribution in [0, 0.1) is 35.0 Å². The van der Waals surface area contributed by atoms with Gasteiger partial charge in [-0.25, -0.2) is 0 Å². The normalized spacial score (nSPS) is 51.8. The maximum absolute atomic E-state index is 12.8.